The van der Waals surface area contributed by atoms with Gasteiger partial charge in [-0.1, -0.05) is 41.6 Å². The van der Waals surface area contributed by atoms with E-state index in [0.717, 1.165) is 91.8 Å². The van der Waals surface area contributed by atoms with Gasteiger partial charge in [0.2, 0.25) is 0 Å². The number of pyridine rings is 6. The number of nitrogens with zero attached hydrogens (tertiary/aromatic N) is 9. The Kier molecular flexibility index (Phi) is 32.5. The third kappa shape index (κ3) is 26.5. The lowest BCUT2D eigenvalue weighted by Gasteiger charge is -2.29. The molecule has 34 heteroatoms. The van der Waals surface area contributed by atoms with Gasteiger partial charge in [0.25, 0.3) is 17.7 Å². The van der Waals surface area contributed by atoms with Crippen molar-refractivity contribution in [2.45, 2.75) is 77.8 Å². The number of terminal acetylenes is 1. The zero-order chi connectivity index (χ0) is 86.7. The summed E-state index contributed by atoms with van der Waals surface area (Å²) in [7, 11) is 2.68. The molecular formula is C86H80ClF9N12O12. The Hall–Kier alpha value is -13.0. The van der Waals surface area contributed by atoms with Crippen molar-refractivity contribution in [1.82, 2.24) is 29.9 Å². The molecule has 9 heterocycles. The number of alkyl halides is 9. The van der Waals surface area contributed by atoms with Gasteiger partial charge in [-0.3, -0.25) is 43.7 Å². The van der Waals surface area contributed by atoms with E-state index in [2.05, 4.69) is 99.6 Å². The number of aryl methyl sites for hydroxylation is 3. The molecule has 0 atom stereocenters. The van der Waals surface area contributed by atoms with Gasteiger partial charge in [-0.05, 0) is 157 Å². The summed E-state index contributed by atoms with van der Waals surface area (Å²) in [6, 6.07) is 27.4. The van der Waals surface area contributed by atoms with Crippen molar-refractivity contribution in [3.63, 3.8) is 0 Å². The van der Waals surface area contributed by atoms with Crippen LogP contribution in [0.15, 0.2) is 146 Å². The molecule has 0 radical (unpaired) electrons. The molecule has 3 aromatic carbocycles. The molecule has 0 spiro atoms. The van der Waals surface area contributed by atoms with Gasteiger partial charge in [-0.15, -0.1) is 12.3 Å². The first-order valence-corrected chi connectivity index (χ1v) is 37.5. The lowest BCUT2D eigenvalue weighted by molar-refractivity contribution is -0.142. The number of morpholine rings is 3. The second-order valence-corrected chi connectivity index (χ2v) is 27.0. The molecule has 6 aromatic heterocycles. The van der Waals surface area contributed by atoms with E-state index < -0.39 is 59.3 Å². The van der Waals surface area contributed by atoms with E-state index >= 15 is 0 Å². The number of anilines is 6. The summed E-state index contributed by atoms with van der Waals surface area (Å²) in [5.74, 6) is 10.7. The summed E-state index contributed by atoms with van der Waals surface area (Å²) in [5.41, 5.74) is 8.31. The number of aliphatic carboxylic acids is 1. The Morgan fingerprint density at radius 2 is 0.767 bits per heavy atom. The number of rotatable bonds is 18. The van der Waals surface area contributed by atoms with Crippen LogP contribution in [0, 0.1) is 56.8 Å². The first-order chi connectivity index (χ1) is 57.3. The SMILES string of the molecule is C#CCCC(=O)OC.COC(=O)CCC#Cc1ncc(-c2cc(NC(=O)c3ccnc(C(F)(F)F)c3)ccc2C)cc1N1CCOCC1.Cc1ccc(NC(=O)c2ccnc(C(F)(F)F)c2)cc1-c1cnc(C#CCCC(=O)O)c(N2CCOCC2)c1.Cc1ccc(NC(=O)c2ccnc(C(F)(F)F)c2)cc1-c1cnc(Cl)c(N2CCOCC2)c1. The number of hydrogen-bond acceptors (Lipinski definition) is 20. The number of benzene rings is 3. The normalized spacial score (nSPS) is 13.2. The van der Waals surface area contributed by atoms with Gasteiger partial charge >= 0.3 is 36.4 Å². The summed E-state index contributed by atoms with van der Waals surface area (Å²) < 4.78 is 142. The molecule has 3 amide bonds. The number of carboxylic acids is 1. The number of carbonyl (C=O) groups is 6. The molecule has 3 aliphatic rings. The van der Waals surface area contributed by atoms with E-state index in [0.29, 0.717) is 144 Å². The van der Waals surface area contributed by atoms with Crippen molar-refractivity contribution in [2.75, 3.05) is 124 Å². The van der Waals surface area contributed by atoms with Crippen molar-refractivity contribution in [2.24, 2.45) is 0 Å². The van der Waals surface area contributed by atoms with E-state index in [1.54, 1.807) is 61.1 Å². The molecule has 12 rings (SSSR count). The summed E-state index contributed by atoms with van der Waals surface area (Å²) in [6.07, 6.45) is 0.219. The molecule has 0 aliphatic carbocycles. The standard InChI is InChI=1S/C29H27F3N4O4.C28H25F3N4O4.C23H20ClF3N4O2.C6H8O2/c1-19-7-8-22(35-28(38)20-9-10-33-26(16-20)29(30,31)32)17-23(19)21-15-25(36-11-13-40-14-12-36)24(34-18-21)5-3-4-6-27(37)39-2;1-18-6-7-21(34-27(38)19-8-9-32-25(15-19)28(29,30)31)16-22(18)20-14-24(35-10-12-39-13-11-35)23(33-17-20)4-2-3-5-26(36)37;1-14-2-3-17(30-22(32)15-4-5-28-20(11-15)23(25,26)27)12-18(14)16-10-19(21(24)29-13-16)31-6-8-33-9-7-31;1-3-4-5-6(7)8-2/h7-10,15-18H,4,6,11-14H2,1-2H3,(H,35,38);6-9,14-17H,3,5,10-13H2,1H3,(H,34,38)(H,36,37);2-5,10-13H,6-9H2,1H3,(H,30,32);1H,4-5H2,2H3. The number of halogens is 10. The fraction of sp³-hybridized carbons (Fsp3) is 0.302. The molecule has 9 aromatic rings. The maximum absolute atomic E-state index is 13.0. The molecule has 0 bridgehead atoms. The summed E-state index contributed by atoms with van der Waals surface area (Å²) in [4.78, 5) is 100. The van der Waals surface area contributed by atoms with Crippen LogP contribution in [0.5, 0.6) is 0 Å². The molecule has 626 valence electrons. The Bertz CT molecular complexity index is 5360. The first kappa shape index (κ1) is 90.9. The number of carbonyl (C=O) groups excluding carboxylic acids is 5. The Morgan fingerprint density at radius 1 is 0.450 bits per heavy atom. The number of aromatic nitrogens is 6. The van der Waals surface area contributed by atoms with Crippen LogP contribution in [0.3, 0.4) is 0 Å². The molecule has 0 saturated carbocycles. The zero-order valence-corrected chi connectivity index (χ0v) is 66.2. The van der Waals surface area contributed by atoms with E-state index in [4.69, 9.17) is 37.3 Å². The van der Waals surface area contributed by atoms with Gasteiger partial charge in [0.05, 0.1) is 90.2 Å². The predicted octanol–water partition coefficient (Wildman–Crippen LogP) is 15.4. The number of amides is 3. The highest BCUT2D eigenvalue weighted by molar-refractivity contribution is 6.32. The minimum atomic E-state index is -4.66. The largest absolute Gasteiger partial charge is 0.481 e. The average Bonchev–Trinajstić information content (AvgIpc) is 0.802. The molecule has 0 unspecified atom stereocenters. The van der Waals surface area contributed by atoms with Crippen LogP contribution in [-0.2, 0) is 56.6 Å². The van der Waals surface area contributed by atoms with Crippen molar-refractivity contribution >= 4 is 81.4 Å². The molecule has 4 N–H and O–H groups in total. The van der Waals surface area contributed by atoms with Gasteiger partial charge in [0, 0.05) is 146 Å². The van der Waals surface area contributed by atoms with Crippen LogP contribution in [0.1, 0.15) is 115 Å². The number of esters is 2. The number of ether oxygens (including phenoxy) is 5. The number of carboxylic acid groups (broad SMARTS) is 1. The molecule has 24 nitrogen and oxygen atoms in total. The maximum atomic E-state index is 13.0. The van der Waals surface area contributed by atoms with Crippen LogP contribution in [0.2, 0.25) is 5.15 Å². The quantitative estimate of drug-likeness (QED) is 0.0269. The Balaban J connectivity index is 0.000000196. The topological polar surface area (TPSA) is 292 Å². The van der Waals surface area contributed by atoms with Gasteiger partial charge in [0.1, 0.15) is 28.5 Å². The predicted molar refractivity (Wildman–Crippen MR) is 431 cm³/mol. The lowest BCUT2D eigenvalue weighted by Crippen LogP contribution is -2.36. The minimum absolute atomic E-state index is 0.0628. The molecule has 3 aliphatic heterocycles. The highest BCUT2D eigenvalue weighted by Gasteiger charge is 2.36. The third-order valence-corrected chi connectivity index (χ3v) is 18.5. The van der Waals surface area contributed by atoms with Crippen molar-refractivity contribution in [3.8, 4) is 69.4 Å². The van der Waals surface area contributed by atoms with Gasteiger partial charge in [-0.2, -0.15) is 39.5 Å². The first-order valence-electron chi connectivity index (χ1n) is 37.1. The maximum Gasteiger partial charge on any atom is 0.433 e. The Labute approximate surface area is 689 Å². The van der Waals surface area contributed by atoms with Gasteiger partial charge in [-0.25, -0.2) is 15.0 Å². The lowest BCUT2D eigenvalue weighted by atomic mass is 10.00. The number of nitrogens with one attached hydrogen (secondary N) is 3. The fourth-order valence-electron chi connectivity index (χ4n) is 11.9. The smallest absolute Gasteiger partial charge is 0.433 e. The second-order valence-electron chi connectivity index (χ2n) is 26.6. The highest BCUT2D eigenvalue weighted by atomic mass is 35.5. The van der Waals surface area contributed by atoms with Crippen molar-refractivity contribution < 1.29 is 97.1 Å². The highest BCUT2D eigenvalue weighted by Crippen LogP contribution is 2.38. The van der Waals surface area contributed by atoms with Crippen molar-refractivity contribution in [3.05, 3.63) is 213 Å². The molecule has 120 heavy (non-hydrogen) atoms. The van der Waals surface area contributed by atoms with Crippen LogP contribution >= 0.6 is 11.6 Å². The monoisotopic (exact) mass is 1680 g/mol. The second kappa shape index (κ2) is 42.9. The van der Waals surface area contributed by atoms with E-state index in [-0.39, 0.29) is 47.9 Å². The van der Waals surface area contributed by atoms with E-state index in [9.17, 15) is 68.3 Å². The van der Waals surface area contributed by atoms with Crippen molar-refractivity contribution in [1.29, 1.82) is 0 Å². The molecule has 3 fully saturated rings. The third-order valence-electron chi connectivity index (χ3n) is 18.2. The zero-order valence-electron chi connectivity index (χ0n) is 65.4. The van der Waals surface area contributed by atoms with E-state index in [1.807, 2.05) is 51.1 Å². The summed E-state index contributed by atoms with van der Waals surface area (Å²) >= 11 is 6.33. The molecular weight excluding hydrogens is 1600 g/mol. The van der Waals surface area contributed by atoms with E-state index in [1.165, 1.54) is 32.4 Å². The van der Waals surface area contributed by atoms with Gasteiger partial charge in [0.15, 0.2) is 5.15 Å². The van der Waals surface area contributed by atoms with Crippen LogP contribution in [0.4, 0.5) is 73.6 Å². The summed E-state index contributed by atoms with van der Waals surface area (Å²) in [6.45, 7) is 13.1. The number of hydrogen-bond donors (Lipinski definition) is 4. The Morgan fingerprint density at radius 3 is 1.09 bits per heavy atom. The number of methoxy groups -OCH3 is 2. The minimum Gasteiger partial charge on any atom is -0.481 e. The van der Waals surface area contributed by atoms with Crippen LogP contribution < -0.4 is 30.7 Å². The summed E-state index contributed by atoms with van der Waals surface area (Å²) in [5, 5.41) is 17.2. The van der Waals surface area contributed by atoms with Gasteiger partial charge < -0.3 is 59.4 Å². The van der Waals surface area contributed by atoms with Crippen LogP contribution in [0.25, 0.3) is 33.4 Å². The van der Waals surface area contributed by atoms with Crippen LogP contribution in [-0.4, -0.2) is 164 Å². The molecule has 3 saturated heterocycles. The average molecular weight is 1680 g/mol. The fourth-order valence-corrected chi connectivity index (χ4v) is 12.1.